The molecule has 0 radical (unpaired) electrons. The number of methoxy groups -OCH3 is 1. The second-order valence-electron chi connectivity index (χ2n) is 5.77. The van der Waals surface area contributed by atoms with Gasteiger partial charge in [-0.05, 0) is 18.1 Å². The highest BCUT2D eigenvalue weighted by atomic mass is 16.5. The number of fused-ring (bicyclic) bond motifs is 1. The van der Waals surface area contributed by atoms with Crippen LogP contribution in [-0.4, -0.2) is 34.3 Å². The van der Waals surface area contributed by atoms with Gasteiger partial charge >= 0.3 is 5.97 Å². The zero-order valence-electron chi connectivity index (χ0n) is 13.0. The lowest BCUT2D eigenvalue weighted by molar-refractivity contribution is 0.0699. The van der Waals surface area contributed by atoms with E-state index >= 15 is 0 Å². The van der Waals surface area contributed by atoms with Crippen LogP contribution in [0.2, 0.25) is 0 Å². The van der Waals surface area contributed by atoms with Gasteiger partial charge in [0.2, 0.25) is 0 Å². The van der Waals surface area contributed by atoms with Crippen LogP contribution >= 0.6 is 0 Å². The minimum absolute atomic E-state index is 0.230. The zero-order chi connectivity index (χ0) is 15.6. The first-order valence-corrected chi connectivity index (χ1v) is 7.17. The van der Waals surface area contributed by atoms with E-state index in [1.165, 1.54) is 0 Å². The molecule has 0 aliphatic rings. The smallest absolute Gasteiger partial charge is 0.337 e. The van der Waals surface area contributed by atoms with E-state index in [-0.39, 0.29) is 11.5 Å². The molecule has 0 bridgehead atoms. The molecule has 1 unspecified atom stereocenters. The molecule has 21 heavy (non-hydrogen) atoms. The van der Waals surface area contributed by atoms with Gasteiger partial charge in [0, 0.05) is 19.6 Å². The summed E-state index contributed by atoms with van der Waals surface area (Å²) in [6, 6.07) is 5.31. The molecular formula is C16H22N2O3. The van der Waals surface area contributed by atoms with Crippen LogP contribution in [0.15, 0.2) is 18.2 Å². The Labute approximate surface area is 124 Å². The highest BCUT2D eigenvalue weighted by molar-refractivity contribution is 6.01. The second-order valence-corrected chi connectivity index (χ2v) is 5.77. The molecule has 0 aliphatic carbocycles. The predicted octanol–water partition coefficient (Wildman–Crippen LogP) is 3.14. The molecule has 0 amide bonds. The number of carboxylic acids is 1. The average Bonchev–Trinajstić information content (AvgIpc) is 2.77. The van der Waals surface area contributed by atoms with Crippen molar-refractivity contribution < 1.29 is 14.6 Å². The largest absolute Gasteiger partial charge is 0.478 e. The fourth-order valence-electron chi connectivity index (χ4n) is 2.62. The van der Waals surface area contributed by atoms with Gasteiger partial charge in [0.25, 0.3) is 0 Å². The topological polar surface area (TPSA) is 64.4 Å². The fraction of sp³-hybridized carbons (Fsp3) is 0.500. The number of para-hydroxylation sites is 1. The Morgan fingerprint density at radius 2 is 2.10 bits per heavy atom. The number of imidazole rings is 1. The molecule has 2 aromatic rings. The van der Waals surface area contributed by atoms with Gasteiger partial charge in [-0.1, -0.05) is 26.8 Å². The highest BCUT2D eigenvalue weighted by Gasteiger charge is 2.19. The van der Waals surface area contributed by atoms with Crippen LogP contribution in [0.25, 0.3) is 11.0 Å². The number of hydrogen-bond donors (Lipinski definition) is 1. The number of aromatic nitrogens is 2. The Hall–Kier alpha value is -1.88. The number of aromatic carboxylic acids is 1. The molecule has 1 aromatic heterocycles. The summed E-state index contributed by atoms with van der Waals surface area (Å²) in [5, 5.41) is 9.32. The van der Waals surface area contributed by atoms with E-state index in [1.807, 2.05) is 6.07 Å². The number of nitrogens with zero attached hydrogens (tertiary/aromatic N) is 2. The molecule has 5 heteroatoms. The van der Waals surface area contributed by atoms with Crippen molar-refractivity contribution >= 4 is 17.0 Å². The summed E-state index contributed by atoms with van der Waals surface area (Å²) in [7, 11) is 1.69. The maximum absolute atomic E-state index is 11.4. The van der Waals surface area contributed by atoms with Crippen LogP contribution in [0.3, 0.4) is 0 Å². The van der Waals surface area contributed by atoms with Gasteiger partial charge in [-0.3, -0.25) is 0 Å². The third-order valence-corrected chi connectivity index (χ3v) is 3.50. The molecule has 0 saturated carbocycles. The Bertz CT molecular complexity index is 646. The molecule has 2 rings (SSSR count). The molecule has 5 nitrogen and oxygen atoms in total. The SMILES string of the molecule is COCC(C)Cn1c(C(C)C)nc2c(C(=O)O)cccc21. The zero-order valence-corrected chi connectivity index (χ0v) is 13.0. The minimum atomic E-state index is -0.939. The molecule has 1 heterocycles. The number of ether oxygens (including phenoxy) is 1. The van der Waals surface area contributed by atoms with Crippen LogP contribution in [0, 0.1) is 5.92 Å². The fourth-order valence-corrected chi connectivity index (χ4v) is 2.62. The van der Waals surface area contributed by atoms with Crippen molar-refractivity contribution in [1.29, 1.82) is 0 Å². The number of rotatable bonds is 6. The van der Waals surface area contributed by atoms with E-state index < -0.39 is 5.97 Å². The van der Waals surface area contributed by atoms with Crippen LogP contribution in [0.5, 0.6) is 0 Å². The first-order chi connectivity index (χ1) is 9.95. The molecule has 1 atom stereocenters. The van der Waals surface area contributed by atoms with Gasteiger partial charge in [-0.25, -0.2) is 9.78 Å². The Morgan fingerprint density at radius 1 is 1.38 bits per heavy atom. The number of carbonyl (C=O) groups is 1. The predicted molar refractivity (Wildman–Crippen MR) is 81.8 cm³/mol. The number of benzene rings is 1. The second kappa shape index (κ2) is 6.26. The van der Waals surface area contributed by atoms with E-state index in [1.54, 1.807) is 19.2 Å². The maximum atomic E-state index is 11.4. The van der Waals surface area contributed by atoms with E-state index in [0.717, 1.165) is 17.9 Å². The van der Waals surface area contributed by atoms with Crippen molar-refractivity contribution in [1.82, 2.24) is 9.55 Å². The lowest BCUT2D eigenvalue weighted by Gasteiger charge is -2.16. The summed E-state index contributed by atoms with van der Waals surface area (Å²) in [5.41, 5.74) is 1.70. The van der Waals surface area contributed by atoms with Gasteiger partial charge < -0.3 is 14.4 Å². The van der Waals surface area contributed by atoms with Gasteiger partial charge in [-0.2, -0.15) is 0 Å². The Balaban J connectivity index is 2.58. The van der Waals surface area contributed by atoms with Gasteiger partial charge in [0.05, 0.1) is 17.7 Å². The third-order valence-electron chi connectivity index (χ3n) is 3.50. The van der Waals surface area contributed by atoms with Crippen molar-refractivity contribution in [3.8, 4) is 0 Å². The summed E-state index contributed by atoms with van der Waals surface area (Å²) in [6.45, 7) is 7.68. The van der Waals surface area contributed by atoms with E-state index in [2.05, 4.69) is 30.3 Å². The molecule has 0 saturated heterocycles. The maximum Gasteiger partial charge on any atom is 0.337 e. The summed E-state index contributed by atoms with van der Waals surface area (Å²) in [4.78, 5) is 15.9. The van der Waals surface area contributed by atoms with Crippen molar-refractivity contribution in [3.63, 3.8) is 0 Å². The van der Waals surface area contributed by atoms with Gasteiger partial charge in [-0.15, -0.1) is 0 Å². The molecule has 1 N–H and O–H groups in total. The third kappa shape index (κ3) is 3.08. The first-order valence-electron chi connectivity index (χ1n) is 7.17. The first kappa shape index (κ1) is 15.5. The normalized spacial score (nSPS) is 13.0. The van der Waals surface area contributed by atoms with Crippen molar-refractivity contribution in [2.75, 3.05) is 13.7 Å². The van der Waals surface area contributed by atoms with Gasteiger partial charge in [0.1, 0.15) is 11.3 Å². The summed E-state index contributed by atoms with van der Waals surface area (Å²) in [6.07, 6.45) is 0. The summed E-state index contributed by atoms with van der Waals surface area (Å²) >= 11 is 0. The van der Waals surface area contributed by atoms with Crippen LogP contribution in [-0.2, 0) is 11.3 Å². The number of hydrogen-bond acceptors (Lipinski definition) is 3. The average molecular weight is 290 g/mol. The van der Waals surface area contributed by atoms with Gasteiger partial charge in [0.15, 0.2) is 0 Å². The van der Waals surface area contributed by atoms with Crippen LogP contribution < -0.4 is 0 Å². The molecule has 0 fully saturated rings. The molecule has 1 aromatic carbocycles. The van der Waals surface area contributed by atoms with E-state index in [0.29, 0.717) is 18.0 Å². The number of carboxylic acid groups (broad SMARTS) is 1. The molecule has 0 spiro atoms. The van der Waals surface area contributed by atoms with Crippen LogP contribution in [0.1, 0.15) is 42.9 Å². The highest BCUT2D eigenvalue weighted by Crippen LogP contribution is 2.25. The lowest BCUT2D eigenvalue weighted by atomic mass is 10.1. The summed E-state index contributed by atoms with van der Waals surface area (Å²) in [5.74, 6) is 0.541. The minimum Gasteiger partial charge on any atom is -0.478 e. The van der Waals surface area contributed by atoms with Crippen molar-refractivity contribution in [3.05, 3.63) is 29.6 Å². The van der Waals surface area contributed by atoms with Crippen molar-refractivity contribution in [2.45, 2.75) is 33.2 Å². The molecule has 114 valence electrons. The Morgan fingerprint density at radius 3 is 2.67 bits per heavy atom. The van der Waals surface area contributed by atoms with Crippen molar-refractivity contribution in [2.24, 2.45) is 5.92 Å². The van der Waals surface area contributed by atoms with E-state index in [4.69, 9.17) is 4.74 Å². The monoisotopic (exact) mass is 290 g/mol. The van der Waals surface area contributed by atoms with E-state index in [9.17, 15) is 9.90 Å². The Kier molecular flexibility index (Phi) is 4.63. The van der Waals surface area contributed by atoms with Crippen LogP contribution in [0.4, 0.5) is 0 Å². The quantitative estimate of drug-likeness (QED) is 0.887. The molecule has 0 aliphatic heterocycles. The molecular weight excluding hydrogens is 268 g/mol. The standard InChI is InChI=1S/C16H22N2O3/c1-10(2)15-17-14-12(16(19)20)6-5-7-13(14)18(15)8-11(3)9-21-4/h5-7,10-11H,8-9H2,1-4H3,(H,19,20). The lowest BCUT2D eigenvalue weighted by Crippen LogP contribution is -2.15. The summed E-state index contributed by atoms with van der Waals surface area (Å²) < 4.78 is 7.32.